The Bertz CT molecular complexity index is 215. The highest BCUT2D eigenvalue weighted by Gasteiger charge is 2.34. The molecule has 3 atom stereocenters. The molecule has 4 nitrogen and oxygen atoms in total. The van der Waals surface area contributed by atoms with Gasteiger partial charge in [0.2, 0.25) is 0 Å². The number of methoxy groups -OCH3 is 2. The van der Waals surface area contributed by atoms with E-state index in [0.717, 1.165) is 18.5 Å². The summed E-state index contributed by atoms with van der Waals surface area (Å²) in [7, 11) is 3.39. The first-order valence-corrected chi connectivity index (χ1v) is 6.87. The minimum absolute atomic E-state index is 0.118. The molecule has 1 aliphatic carbocycles. The molecule has 4 heteroatoms. The van der Waals surface area contributed by atoms with Crippen molar-refractivity contribution in [2.24, 2.45) is 5.92 Å². The molecule has 1 aliphatic heterocycles. The Morgan fingerprint density at radius 2 is 2.00 bits per heavy atom. The third-order valence-electron chi connectivity index (χ3n) is 4.26. The maximum absolute atomic E-state index is 5.22. The summed E-state index contributed by atoms with van der Waals surface area (Å²) >= 11 is 0. The van der Waals surface area contributed by atoms with Crippen molar-refractivity contribution in [2.45, 2.75) is 50.5 Å². The van der Waals surface area contributed by atoms with Crippen LogP contribution in [0.1, 0.15) is 32.1 Å². The summed E-state index contributed by atoms with van der Waals surface area (Å²) in [5.74, 6) is 0.798. The van der Waals surface area contributed by atoms with Gasteiger partial charge in [-0.1, -0.05) is 6.42 Å². The fourth-order valence-corrected chi connectivity index (χ4v) is 3.31. The lowest BCUT2D eigenvalue weighted by molar-refractivity contribution is -0.100. The lowest BCUT2D eigenvalue weighted by atomic mass is 9.93. The first-order valence-electron chi connectivity index (χ1n) is 6.87. The Labute approximate surface area is 104 Å². The topological polar surface area (TPSA) is 42.5 Å². The molecule has 2 aliphatic rings. The smallest absolute Gasteiger partial charge is 0.169 e. The molecule has 1 saturated heterocycles. The number of hydrogen-bond acceptors (Lipinski definition) is 4. The van der Waals surface area contributed by atoms with Crippen molar-refractivity contribution in [1.82, 2.24) is 10.6 Å². The van der Waals surface area contributed by atoms with Gasteiger partial charge in [-0.15, -0.1) is 0 Å². The van der Waals surface area contributed by atoms with Crippen molar-refractivity contribution in [3.8, 4) is 0 Å². The van der Waals surface area contributed by atoms with Gasteiger partial charge in [0, 0.05) is 32.8 Å². The molecule has 0 amide bonds. The van der Waals surface area contributed by atoms with Crippen LogP contribution in [0, 0.1) is 5.92 Å². The first kappa shape index (κ1) is 13.3. The van der Waals surface area contributed by atoms with Gasteiger partial charge in [-0.25, -0.2) is 0 Å². The quantitative estimate of drug-likeness (QED) is 0.685. The van der Waals surface area contributed by atoms with Crippen LogP contribution in [-0.2, 0) is 9.47 Å². The van der Waals surface area contributed by atoms with Gasteiger partial charge in [0.15, 0.2) is 6.29 Å². The number of rotatable bonds is 6. The number of hydrogen-bond donors (Lipinski definition) is 2. The predicted octanol–water partition coefficient (Wildman–Crippen LogP) is 1.12. The maximum Gasteiger partial charge on any atom is 0.169 e. The average Bonchev–Trinajstić information content (AvgIpc) is 3.00. The van der Waals surface area contributed by atoms with E-state index in [9.17, 15) is 0 Å². The second kappa shape index (κ2) is 6.69. The molecular weight excluding hydrogens is 216 g/mol. The van der Waals surface area contributed by atoms with E-state index < -0.39 is 0 Å². The summed E-state index contributed by atoms with van der Waals surface area (Å²) in [5, 5.41) is 7.26. The highest BCUT2D eigenvalue weighted by atomic mass is 16.7. The highest BCUT2D eigenvalue weighted by Crippen LogP contribution is 2.31. The van der Waals surface area contributed by atoms with Gasteiger partial charge in [0.25, 0.3) is 0 Å². The average molecular weight is 242 g/mol. The Hall–Kier alpha value is -0.160. The molecule has 0 spiro atoms. The van der Waals surface area contributed by atoms with Crippen LogP contribution >= 0.6 is 0 Å². The van der Waals surface area contributed by atoms with Crippen molar-refractivity contribution in [3.63, 3.8) is 0 Å². The molecule has 0 aromatic rings. The van der Waals surface area contributed by atoms with Crippen LogP contribution in [0.4, 0.5) is 0 Å². The van der Waals surface area contributed by atoms with Gasteiger partial charge in [0.05, 0.1) is 0 Å². The van der Waals surface area contributed by atoms with Crippen LogP contribution in [0.5, 0.6) is 0 Å². The van der Waals surface area contributed by atoms with Gasteiger partial charge in [-0.2, -0.15) is 0 Å². The van der Waals surface area contributed by atoms with E-state index in [1.54, 1.807) is 14.2 Å². The maximum atomic E-state index is 5.22. The van der Waals surface area contributed by atoms with Crippen LogP contribution < -0.4 is 10.6 Å². The van der Waals surface area contributed by atoms with E-state index >= 15 is 0 Å². The van der Waals surface area contributed by atoms with E-state index in [2.05, 4.69) is 10.6 Å². The molecule has 1 saturated carbocycles. The molecule has 0 bridgehead atoms. The summed E-state index contributed by atoms with van der Waals surface area (Å²) in [6.45, 7) is 1.99. The monoisotopic (exact) mass is 242 g/mol. The third-order valence-corrected chi connectivity index (χ3v) is 4.26. The summed E-state index contributed by atoms with van der Waals surface area (Å²) in [6, 6.07) is 1.37. The van der Waals surface area contributed by atoms with Crippen LogP contribution in [0.3, 0.4) is 0 Å². The minimum atomic E-state index is -0.118. The Balaban J connectivity index is 1.78. The van der Waals surface area contributed by atoms with Crippen molar-refractivity contribution in [1.29, 1.82) is 0 Å². The lowest BCUT2D eigenvalue weighted by Crippen LogP contribution is -2.45. The highest BCUT2D eigenvalue weighted by molar-refractivity contribution is 4.93. The summed E-state index contributed by atoms with van der Waals surface area (Å²) in [4.78, 5) is 0. The molecule has 1 heterocycles. The van der Waals surface area contributed by atoms with E-state index in [0.29, 0.717) is 6.04 Å². The summed E-state index contributed by atoms with van der Waals surface area (Å²) in [6.07, 6.45) is 6.58. The second-order valence-corrected chi connectivity index (χ2v) is 5.21. The van der Waals surface area contributed by atoms with Crippen LogP contribution in [-0.4, -0.2) is 45.7 Å². The third kappa shape index (κ3) is 3.41. The molecule has 2 N–H and O–H groups in total. The molecule has 0 aromatic carbocycles. The Morgan fingerprint density at radius 3 is 2.65 bits per heavy atom. The van der Waals surface area contributed by atoms with Crippen molar-refractivity contribution in [2.75, 3.05) is 27.3 Å². The number of nitrogens with one attached hydrogen (secondary N) is 2. The zero-order valence-corrected chi connectivity index (χ0v) is 11.1. The van der Waals surface area contributed by atoms with Crippen molar-refractivity contribution < 1.29 is 9.47 Å². The van der Waals surface area contributed by atoms with Gasteiger partial charge < -0.3 is 20.1 Å². The predicted molar refractivity (Wildman–Crippen MR) is 68.0 cm³/mol. The van der Waals surface area contributed by atoms with Crippen molar-refractivity contribution in [3.05, 3.63) is 0 Å². The standard InChI is InChI=1S/C13H26N2O2/c1-16-13(17-2)9-15-12-6-3-5-10(12)11-7-4-8-14-11/h10-15H,3-9H2,1-2H3. The normalized spacial score (nSPS) is 33.7. The van der Waals surface area contributed by atoms with Gasteiger partial charge in [-0.05, 0) is 38.1 Å². The molecule has 0 aromatic heterocycles. The Kier molecular flexibility index (Phi) is 5.22. The van der Waals surface area contributed by atoms with E-state index in [1.165, 1.54) is 38.6 Å². The zero-order valence-electron chi connectivity index (χ0n) is 11.1. The summed E-state index contributed by atoms with van der Waals surface area (Å²) < 4.78 is 10.4. The molecule has 3 unspecified atom stereocenters. The van der Waals surface area contributed by atoms with Crippen LogP contribution in [0.2, 0.25) is 0 Å². The fourth-order valence-electron chi connectivity index (χ4n) is 3.31. The van der Waals surface area contributed by atoms with E-state index in [1.807, 2.05) is 0 Å². The second-order valence-electron chi connectivity index (χ2n) is 5.21. The Morgan fingerprint density at radius 1 is 1.18 bits per heavy atom. The van der Waals surface area contributed by atoms with Gasteiger partial charge >= 0.3 is 0 Å². The summed E-state index contributed by atoms with van der Waals surface area (Å²) in [5.41, 5.74) is 0. The minimum Gasteiger partial charge on any atom is -0.355 e. The van der Waals surface area contributed by atoms with Crippen molar-refractivity contribution >= 4 is 0 Å². The van der Waals surface area contributed by atoms with E-state index in [4.69, 9.17) is 9.47 Å². The molecule has 100 valence electrons. The zero-order chi connectivity index (χ0) is 12.1. The van der Waals surface area contributed by atoms with Gasteiger partial charge in [-0.3, -0.25) is 0 Å². The first-order chi connectivity index (χ1) is 8.35. The largest absolute Gasteiger partial charge is 0.355 e. The number of ether oxygens (including phenoxy) is 2. The molecule has 2 fully saturated rings. The van der Waals surface area contributed by atoms with E-state index in [-0.39, 0.29) is 6.29 Å². The van der Waals surface area contributed by atoms with Crippen LogP contribution in [0.15, 0.2) is 0 Å². The molecule has 17 heavy (non-hydrogen) atoms. The molecular formula is C13H26N2O2. The molecule has 0 radical (unpaired) electrons. The van der Waals surface area contributed by atoms with Crippen LogP contribution in [0.25, 0.3) is 0 Å². The lowest BCUT2D eigenvalue weighted by Gasteiger charge is -2.27. The molecule has 2 rings (SSSR count). The van der Waals surface area contributed by atoms with Gasteiger partial charge in [0.1, 0.15) is 0 Å². The fraction of sp³-hybridized carbons (Fsp3) is 1.00. The SMILES string of the molecule is COC(CNC1CCCC1C1CCCN1)OC.